The van der Waals surface area contributed by atoms with Crippen molar-refractivity contribution in [2.75, 3.05) is 18.0 Å². The molecule has 0 bridgehead atoms. The van der Waals surface area contributed by atoms with E-state index in [-0.39, 0.29) is 12.4 Å². The van der Waals surface area contributed by atoms with E-state index in [9.17, 15) is 4.39 Å². The lowest BCUT2D eigenvalue weighted by atomic mass is 10.1. The minimum atomic E-state index is -0.191. The lowest BCUT2D eigenvalue weighted by Crippen LogP contribution is -2.29. The van der Waals surface area contributed by atoms with Crippen LogP contribution in [0.5, 0.6) is 0 Å². The first kappa shape index (κ1) is 17.0. The molecule has 1 aromatic rings. The summed E-state index contributed by atoms with van der Waals surface area (Å²) in [7, 11) is 0. The summed E-state index contributed by atoms with van der Waals surface area (Å²) in [5, 5.41) is 0. The molecular formula is C17H29FN2. The molecule has 1 aromatic carbocycles. The number of anilines is 1. The van der Waals surface area contributed by atoms with Crippen molar-refractivity contribution in [3.05, 3.63) is 29.6 Å². The summed E-state index contributed by atoms with van der Waals surface area (Å²) in [4.78, 5) is 2.30. The van der Waals surface area contributed by atoms with Crippen LogP contribution in [-0.4, -0.2) is 13.1 Å². The van der Waals surface area contributed by atoms with Crippen LogP contribution in [0.3, 0.4) is 0 Å². The summed E-state index contributed by atoms with van der Waals surface area (Å²) in [6.07, 6.45) is 2.22. The molecule has 0 saturated heterocycles. The van der Waals surface area contributed by atoms with Gasteiger partial charge < -0.3 is 10.6 Å². The maximum atomic E-state index is 13.9. The van der Waals surface area contributed by atoms with Crippen LogP contribution in [0.4, 0.5) is 10.1 Å². The second-order valence-electron chi connectivity index (χ2n) is 6.29. The molecule has 1 rings (SSSR count). The van der Waals surface area contributed by atoms with E-state index in [1.165, 1.54) is 6.07 Å². The fraction of sp³-hybridized carbons (Fsp3) is 0.647. The van der Waals surface area contributed by atoms with Gasteiger partial charge in [-0.15, -0.1) is 0 Å². The molecule has 0 heterocycles. The van der Waals surface area contributed by atoms with E-state index < -0.39 is 0 Å². The number of hydrogen-bond acceptors (Lipinski definition) is 2. The molecule has 0 aliphatic heterocycles. The first-order chi connectivity index (χ1) is 9.45. The van der Waals surface area contributed by atoms with Crippen LogP contribution in [0.25, 0.3) is 0 Å². The first-order valence-electron chi connectivity index (χ1n) is 7.68. The van der Waals surface area contributed by atoms with Gasteiger partial charge in [-0.25, -0.2) is 4.39 Å². The highest BCUT2D eigenvalue weighted by molar-refractivity contribution is 5.54. The van der Waals surface area contributed by atoms with Crippen molar-refractivity contribution in [1.82, 2.24) is 0 Å². The van der Waals surface area contributed by atoms with Crippen LogP contribution in [0, 0.1) is 17.7 Å². The number of halogens is 1. The molecule has 0 amide bonds. The molecule has 0 atom stereocenters. The Kier molecular flexibility index (Phi) is 7.00. The Morgan fingerprint density at radius 2 is 1.60 bits per heavy atom. The molecule has 0 aromatic heterocycles. The van der Waals surface area contributed by atoms with Gasteiger partial charge in [0, 0.05) is 30.9 Å². The Morgan fingerprint density at radius 1 is 1.05 bits per heavy atom. The minimum absolute atomic E-state index is 0.191. The highest BCUT2D eigenvalue weighted by atomic mass is 19.1. The number of benzene rings is 1. The van der Waals surface area contributed by atoms with Crippen LogP contribution in [0.2, 0.25) is 0 Å². The van der Waals surface area contributed by atoms with Gasteiger partial charge in [0.1, 0.15) is 5.82 Å². The number of nitrogens with two attached hydrogens (primary N) is 1. The normalized spacial score (nSPS) is 11.4. The van der Waals surface area contributed by atoms with Gasteiger partial charge in [-0.1, -0.05) is 33.8 Å². The number of hydrogen-bond donors (Lipinski definition) is 1. The summed E-state index contributed by atoms with van der Waals surface area (Å²) in [6, 6.07) is 5.27. The SMILES string of the molecule is CC(C)CCN(CCC(C)C)c1cccc(F)c1CN. The van der Waals surface area contributed by atoms with Crippen molar-refractivity contribution >= 4 is 5.69 Å². The Morgan fingerprint density at radius 3 is 2.05 bits per heavy atom. The van der Waals surface area contributed by atoms with Crippen molar-refractivity contribution in [3.8, 4) is 0 Å². The largest absolute Gasteiger partial charge is 0.371 e. The average molecular weight is 280 g/mol. The van der Waals surface area contributed by atoms with Crippen LogP contribution in [0.15, 0.2) is 18.2 Å². The van der Waals surface area contributed by atoms with Gasteiger partial charge in [0.05, 0.1) is 0 Å². The van der Waals surface area contributed by atoms with Crippen molar-refractivity contribution in [1.29, 1.82) is 0 Å². The van der Waals surface area contributed by atoms with E-state index >= 15 is 0 Å². The predicted molar refractivity (Wildman–Crippen MR) is 85.4 cm³/mol. The molecule has 20 heavy (non-hydrogen) atoms. The quantitative estimate of drug-likeness (QED) is 0.774. The predicted octanol–water partition coefficient (Wildman–Crippen LogP) is 4.18. The zero-order valence-corrected chi connectivity index (χ0v) is 13.3. The Balaban J connectivity index is 2.93. The highest BCUT2D eigenvalue weighted by Crippen LogP contribution is 2.24. The topological polar surface area (TPSA) is 29.3 Å². The van der Waals surface area contributed by atoms with E-state index in [2.05, 4.69) is 32.6 Å². The van der Waals surface area contributed by atoms with Gasteiger partial charge in [0.2, 0.25) is 0 Å². The third kappa shape index (κ3) is 5.12. The summed E-state index contributed by atoms with van der Waals surface area (Å²) in [5.41, 5.74) is 7.34. The zero-order valence-electron chi connectivity index (χ0n) is 13.3. The van der Waals surface area contributed by atoms with Crippen LogP contribution >= 0.6 is 0 Å². The van der Waals surface area contributed by atoms with Gasteiger partial charge in [-0.05, 0) is 36.8 Å². The number of nitrogens with zero attached hydrogens (tertiary/aromatic N) is 1. The lowest BCUT2D eigenvalue weighted by molar-refractivity contribution is 0.532. The Bertz CT molecular complexity index is 390. The summed E-state index contributed by atoms with van der Waals surface area (Å²) >= 11 is 0. The molecule has 2 nitrogen and oxygen atoms in total. The molecule has 0 saturated carbocycles. The molecule has 3 heteroatoms. The van der Waals surface area contributed by atoms with E-state index in [0.29, 0.717) is 17.4 Å². The number of rotatable bonds is 8. The fourth-order valence-electron chi connectivity index (χ4n) is 2.23. The van der Waals surface area contributed by atoms with E-state index in [1.807, 2.05) is 6.07 Å². The Labute approximate surface area is 123 Å². The van der Waals surface area contributed by atoms with Crippen LogP contribution < -0.4 is 10.6 Å². The van der Waals surface area contributed by atoms with Crippen molar-refractivity contribution in [3.63, 3.8) is 0 Å². The molecule has 0 radical (unpaired) electrons. The molecule has 0 aliphatic rings. The van der Waals surface area contributed by atoms with Gasteiger partial charge >= 0.3 is 0 Å². The third-order valence-corrected chi connectivity index (χ3v) is 3.59. The monoisotopic (exact) mass is 280 g/mol. The van der Waals surface area contributed by atoms with Crippen molar-refractivity contribution in [2.24, 2.45) is 17.6 Å². The maximum Gasteiger partial charge on any atom is 0.129 e. The molecule has 114 valence electrons. The third-order valence-electron chi connectivity index (χ3n) is 3.59. The van der Waals surface area contributed by atoms with Gasteiger partial charge in [0.25, 0.3) is 0 Å². The second-order valence-corrected chi connectivity index (χ2v) is 6.29. The average Bonchev–Trinajstić information content (AvgIpc) is 2.38. The first-order valence-corrected chi connectivity index (χ1v) is 7.68. The van der Waals surface area contributed by atoms with Crippen molar-refractivity contribution < 1.29 is 4.39 Å². The molecule has 0 unspecified atom stereocenters. The van der Waals surface area contributed by atoms with E-state index in [1.54, 1.807) is 6.07 Å². The van der Waals surface area contributed by atoms with E-state index in [4.69, 9.17) is 5.73 Å². The fourth-order valence-corrected chi connectivity index (χ4v) is 2.23. The van der Waals surface area contributed by atoms with Gasteiger partial charge in [-0.3, -0.25) is 0 Å². The second kappa shape index (κ2) is 8.25. The lowest BCUT2D eigenvalue weighted by Gasteiger charge is -2.28. The molecule has 2 N–H and O–H groups in total. The Hall–Kier alpha value is -1.09. The summed E-state index contributed by atoms with van der Waals surface area (Å²) in [6.45, 7) is 11.0. The standard InChI is InChI=1S/C17H29FN2/c1-13(2)8-10-20(11-9-14(3)4)17-7-5-6-16(18)15(17)12-19/h5-7,13-14H,8-12,19H2,1-4H3. The summed E-state index contributed by atoms with van der Waals surface area (Å²) < 4.78 is 13.9. The van der Waals surface area contributed by atoms with E-state index in [0.717, 1.165) is 31.6 Å². The van der Waals surface area contributed by atoms with Crippen LogP contribution in [0.1, 0.15) is 46.1 Å². The smallest absolute Gasteiger partial charge is 0.129 e. The molecule has 0 fully saturated rings. The van der Waals surface area contributed by atoms with Crippen LogP contribution in [-0.2, 0) is 6.54 Å². The zero-order chi connectivity index (χ0) is 15.1. The van der Waals surface area contributed by atoms with Gasteiger partial charge in [-0.2, -0.15) is 0 Å². The molecular weight excluding hydrogens is 251 g/mol. The van der Waals surface area contributed by atoms with Gasteiger partial charge in [0.15, 0.2) is 0 Å². The minimum Gasteiger partial charge on any atom is -0.371 e. The maximum absolute atomic E-state index is 13.9. The molecule has 0 aliphatic carbocycles. The van der Waals surface area contributed by atoms with Crippen molar-refractivity contribution in [2.45, 2.75) is 47.1 Å². The molecule has 0 spiro atoms. The highest BCUT2D eigenvalue weighted by Gasteiger charge is 2.14. The summed E-state index contributed by atoms with van der Waals surface area (Å²) in [5.74, 6) is 1.10.